The predicted molar refractivity (Wildman–Crippen MR) is 123 cm³/mol. The zero-order valence-corrected chi connectivity index (χ0v) is 17.6. The third-order valence-corrected chi connectivity index (χ3v) is 4.54. The summed E-state index contributed by atoms with van der Waals surface area (Å²) in [4.78, 5) is 24.9. The smallest absolute Gasteiger partial charge is 0.257 e. The maximum atomic E-state index is 13.3. The number of carbonyl (C=O) groups is 1. The van der Waals surface area contributed by atoms with Crippen molar-refractivity contribution in [3.63, 3.8) is 0 Å². The van der Waals surface area contributed by atoms with E-state index in [-0.39, 0.29) is 5.56 Å². The van der Waals surface area contributed by atoms with E-state index >= 15 is 0 Å². The molecule has 0 radical (unpaired) electrons. The van der Waals surface area contributed by atoms with Crippen LogP contribution in [0.15, 0.2) is 73.1 Å². The van der Waals surface area contributed by atoms with Gasteiger partial charge >= 0.3 is 0 Å². The summed E-state index contributed by atoms with van der Waals surface area (Å²) in [6.07, 6.45) is 2.36. The largest absolute Gasteiger partial charge is 0.340 e. The molecule has 4 aromatic rings. The summed E-state index contributed by atoms with van der Waals surface area (Å²) < 4.78 is 13.3. The van der Waals surface area contributed by atoms with E-state index < -0.39 is 11.7 Å². The summed E-state index contributed by atoms with van der Waals surface area (Å²) in [5, 5.41) is 9.15. The summed E-state index contributed by atoms with van der Waals surface area (Å²) in [5.41, 5.74) is 4.40. The minimum atomic E-state index is -0.563. The number of hydrogen-bond acceptors (Lipinski definition) is 6. The predicted octanol–water partition coefficient (Wildman–Crippen LogP) is 5.37. The van der Waals surface area contributed by atoms with Crippen LogP contribution in [0.25, 0.3) is 0 Å². The van der Waals surface area contributed by atoms with Crippen molar-refractivity contribution in [1.29, 1.82) is 0 Å². The molecule has 3 N–H and O–H groups in total. The van der Waals surface area contributed by atoms with Crippen molar-refractivity contribution < 1.29 is 9.18 Å². The van der Waals surface area contributed by atoms with Gasteiger partial charge in [-0.1, -0.05) is 17.7 Å². The number of anilines is 5. The number of hydrogen-bond donors (Lipinski definition) is 3. The number of nitrogens with one attached hydrogen (secondary N) is 3. The molecule has 0 saturated carbocycles. The molecule has 2 heterocycles. The van der Waals surface area contributed by atoms with Gasteiger partial charge in [0.2, 0.25) is 5.95 Å². The lowest BCUT2D eigenvalue weighted by Crippen LogP contribution is -2.12. The van der Waals surface area contributed by atoms with E-state index in [1.54, 1.807) is 24.3 Å². The molecule has 32 heavy (non-hydrogen) atoms. The van der Waals surface area contributed by atoms with Crippen molar-refractivity contribution in [2.45, 2.75) is 13.8 Å². The van der Waals surface area contributed by atoms with E-state index in [2.05, 4.69) is 30.9 Å². The SMILES string of the molecule is Cc1ccc(Nc2cc(C)nc(Nc3ccc(NC(=O)c4cncc(F)c4)cc3)n2)cc1. The van der Waals surface area contributed by atoms with Crippen molar-refractivity contribution in [1.82, 2.24) is 15.0 Å². The second-order valence-corrected chi connectivity index (χ2v) is 7.26. The van der Waals surface area contributed by atoms with Crippen molar-refractivity contribution in [2.24, 2.45) is 0 Å². The topological polar surface area (TPSA) is 91.8 Å². The molecule has 0 saturated heterocycles. The Labute approximate surface area is 184 Å². The van der Waals surface area contributed by atoms with Gasteiger partial charge in [-0.15, -0.1) is 0 Å². The molecule has 7 nitrogen and oxygen atoms in total. The Kier molecular flexibility index (Phi) is 6.03. The molecule has 0 aliphatic rings. The summed E-state index contributed by atoms with van der Waals surface area (Å²) in [7, 11) is 0. The monoisotopic (exact) mass is 428 g/mol. The molecule has 4 rings (SSSR count). The summed E-state index contributed by atoms with van der Waals surface area (Å²) >= 11 is 0. The fraction of sp³-hybridized carbons (Fsp3) is 0.0833. The molecule has 2 aromatic carbocycles. The zero-order chi connectivity index (χ0) is 22.5. The van der Waals surface area contributed by atoms with Crippen LogP contribution < -0.4 is 16.0 Å². The number of aryl methyl sites for hydroxylation is 2. The molecule has 0 bridgehead atoms. The Hall–Kier alpha value is -4.33. The lowest BCUT2D eigenvalue weighted by atomic mass is 10.2. The van der Waals surface area contributed by atoms with E-state index in [1.165, 1.54) is 11.8 Å². The van der Waals surface area contributed by atoms with Crippen molar-refractivity contribution >= 4 is 34.7 Å². The molecular formula is C24H21FN6O. The highest BCUT2D eigenvalue weighted by Gasteiger charge is 2.08. The maximum absolute atomic E-state index is 13.3. The highest BCUT2D eigenvalue weighted by atomic mass is 19.1. The van der Waals surface area contributed by atoms with Crippen LogP contribution in [0.1, 0.15) is 21.6 Å². The molecule has 8 heteroatoms. The van der Waals surface area contributed by atoms with Crippen molar-refractivity contribution in [3.8, 4) is 0 Å². The lowest BCUT2D eigenvalue weighted by Gasteiger charge is -2.11. The van der Waals surface area contributed by atoms with Gasteiger partial charge in [-0.05, 0) is 56.3 Å². The van der Waals surface area contributed by atoms with Gasteiger partial charge in [0.05, 0.1) is 11.8 Å². The summed E-state index contributed by atoms with van der Waals surface area (Å²) in [6, 6.07) is 18.1. The van der Waals surface area contributed by atoms with Gasteiger partial charge in [0.15, 0.2) is 0 Å². The van der Waals surface area contributed by atoms with Gasteiger partial charge in [-0.3, -0.25) is 9.78 Å². The molecule has 0 aliphatic carbocycles. The molecule has 0 atom stereocenters. The molecule has 0 fully saturated rings. The third kappa shape index (κ3) is 5.42. The van der Waals surface area contributed by atoms with Crippen LogP contribution in [0.5, 0.6) is 0 Å². The normalized spacial score (nSPS) is 10.5. The van der Waals surface area contributed by atoms with Gasteiger partial charge in [0.1, 0.15) is 11.6 Å². The molecule has 0 spiro atoms. The zero-order valence-electron chi connectivity index (χ0n) is 17.6. The first-order chi connectivity index (χ1) is 15.4. The number of nitrogens with zero attached hydrogens (tertiary/aromatic N) is 3. The molecular weight excluding hydrogens is 407 g/mol. The molecule has 1 amide bonds. The van der Waals surface area contributed by atoms with E-state index in [1.807, 2.05) is 44.2 Å². The van der Waals surface area contributed by atoms with Gasteiger partial charge < -0.3 is 16.0 Å². The minimum Gasteiger partial charge on any atom is -0.340 e. The Morgan fingerprint density at radius 1 is 0.812 bits per heavy atom. The Bertz CT molecular complexity index is 1240. The van der Waals surface area contributed by atoms with Crippen LogP contribution in [0.2, 0.25) is 0 Å². The Morgan fingerprint density at radius 2 is 1.47 bits per heavy atom. The van der Waals surface area contributed by atoms with Crippen LogP contribution >= 0.6 is 0 Å². The fourth-order valence-electron chi connectivity index (χ4n) is 2.98. The van der Waals surface area contributed by atoms with Gasteiger partial charge in [-0.25, -0.2) is 9.37 Å². The van der Waals surface area contributed by atoms with Gasteiger partial charge in [0.25, 0.3) is 5.91 Å². The van der Waals surface area contributed by atoms with E-state index in [9.17, 15) is 9.18 Å². The first-order valence-corrected chi connectivity index (χ1v) is 9.93. The van der Waals surface area contributed by atoms with E-state index in [4.69, 9.17) is 0 Å². The van der Waals surface area contributed by atoms with Crippen LogP contribution in [0, 0.1) is 19.7 Å². The van der Waals surface area contributed by atoms with Crippen LogP contribution in [0.3, 0.4) is 0 Å². The second kappa shape index (κ2) is 9.22. The van der Waals surface area contributed by atoms with E-state index in [0.717, 1.165) is 29.3 Å². The number of amides is 1. The van der Waals surface area contributed by atoms with Gasteiger partial charge in [-0.2, -0.15) is 4.98 Å². The van der Waals surface area contributed by atoms with Crippen LogP contribution in [-0.4, -0.2) is 20.9 Å². The fourth-order valence-corrected chi connectivity index (χ4v) is 2.98. The number of rotatable bonds is 6. The molecule has 0 unspecified atom stereocenters. The average Bonchev–Trinajstić information content (AvgIpc) is 2.76. The first-order valence-electron chi connectivity index (χ1n) is 9.93. The number of benzene rings is 2. The maximum Gasteiger partial charge on any atom is 0.257 e. The highest BCUT2D eigenvalue weighted by molar-refractivity contribution is 6.04. The molecule has 160 valence electrons. The second-order valence-electron chi connectivity index (χ2n) is 7.26. The highest BCUT2D eigenvalue weighted by Crippen LogP contribution is 2.21. The molecule has 0 aliphatic heterocycles. The Balaban J connectivity index is 1.43. The number of halogens is 1. The minimum absolute atomic E-state index is 0.147. The van der Waals surface area contributed by atoms with Crippen molar-refractivity contribution in [3.05, 3.63) is 95.7 Å². The lowest BCUT2D eigenvalue weighted by molar-refractivity contribution is 0.102. The third-order valence-electron chi connectivity index (χ3n) is 4.54. The summed E-state index contributed by atoms with van der Waals surface area (Å²) in [5.74, 6) is 0.122. The quantitative estimate of drug-likeness (QED) is 0.383. The average molecular weight is 428 g/mol. The standard InChI is InChI=1S/C24H21FN6O/c1-15-3-5-19(6-4-15)28-22-11-16(2)27-24(31-22)30-21-9-7-20(8-10-21)29-23(32)17-12-18(25)14-26-13-17/h3-14H,1-2H3,(H,29,32)(H2,27,28,30,31). The van der Waals surface area contributed by atoms with Crippen molar-refractivity contribution in [2.75, 3.05) is 16.0 Å². The molecule has 2 aromatic heterocycles. The van der Waals surface area contributed by atoms with Crippen LogP contribution in [0.4, 0.5) is 33.2 Å². The van der Waals surface area contributed by atoms with E-state index in [0.29, 0.717) is 17.5 Å². The number of pyridine rings is 1. The first kappa shape index (κ1) is 20.9. The summed E-state index contributed by atoms with van der Waals surface area (Å²) in [6.45, 7) is 3.93. The number of aromatic nitrogens is 3. The van der Waals surface area contributed by atoms with Gasteiger partial charge in [0, 0.05) is 35.0 Å². The van der Waals surface area contributed by atoms with Crippen LogP contribution in [-0.2, 0) is 0 Å². The Morgan fingerprint density at radius 3 is 2.19 bits per heavy atom. The number of carbonyl (C=O) groups excluding carboxylic acids is 1.